The second kappa shape index (κ2) is 9.34. The number of carbonyl (C=O) groups is 1. The van der Waals surface area contributed by atoms with E-state index in [0.29, 0.717) is 10.9 Å². The summed E-state index contributed by atoms with van der Waals surface area (Å²) < 4.78 is 53.8. The van der Waals surface area contributed by atoms with E-state index in [1.165, 1.54) is 24.3 Å². The van der Waals surface area contributed by atoms with Gasteiger partial charge in [-0.1, -0.05) is 36.4 Å². The van der Waals surface area contributed by atoms with E-state index in [1.807, 2.05) is 0 Å². The molecular formula is C24H18F4N4O2. The Morgan fingerprint density at radius 2 is 1.62 bits per heavy atom. The van der Waals surface area contributed by atoms with Crippen molar-refractivity contribution in [3.05, 3.63) is 100 Å². The van der Waals surface area contributed by atoms with Crippen LogP contribution in [-0.4, -0.2) is 15.5 Å². The number of nitrogens with zero attached hydrogens (tertiary/aromatic N) is 2. The molecule has 0 aliphatic heterocycles. The molecule has 0 aliphatic rings. The van der Waals surface area contributed by atoms with Crippen molar-refractivity contribution < 1.29 is 22.4 Å². The van der Waals surface area contributed by atoms with Gasteiger partial charge in [-0.15, -0.1) is 0 Å². The van der Waals surface area contributed by atoms with Crippen LogP contribution in [0.25, 0.3) is 10.9 Å². The molecule has 0 saturated heterocycles. The highest BCUT2D eigenvalue weighted by Gasteiger charge is 2.33. The molecule has 0 unspecified atom stereocenters. The number of hydrogen-bond acceptors (Lipinski definition) is 4. The number of carbonyl (C=O) groups excluding carboxylic acids is 1. The van der Waals surface area contributed by atoms with Gasteiger partial charge in [0.15, 0.2) is 0 Å². The number of nitrogens with one attached hydrogen (secondary N) is 2. The average Bonchev–Trinajstić information content (AvgIpc) is 2.80. The molecule has 0 radical (unpaired) electrons. The number of aromatic nitrogens is 2. The summed E-state index contributed by atoms with van der Waals surface area (Å²) in [6, 6.07) is 17.1. The maximum absolute atomic E-state index is 13.2. The van der Waals surface area contributed by atoms with Crippen molar-refractivity contribution in [1.82, 2.24) is 9.55 Å². The van der Waals surface area contributed by atoms with E-state index >= 15 is 0 Å². The van der Waals surface area contributed by atoms with E-state index in [4.69, 9.17) is 0 Å². The molecule has 174 valence electrons. The molecule has 0 saturated carbocycles. The molecule has 0 fully saturated rings. The minimum absolute atomic E-state index is 0.268. The van der Waals surface area contributed by atoms with Gasteiger partial charge in [0.25, 0.3) is 0 Å². The molecule has 0 spiro atoms. The van der Waals surface area contributed by atoms with E-state index in [-0.39, 0.29) is 18.2 Å². The van der Waals surface area contributed by atoms with Gasteiger partial charge in [-0.05, 0) is 42.0 Å². The van der Waals surface area contributed by atoms with Crippen molar-refractivity contribution in [2.75, 3.05) is 10.6 Å². The van der Waals surface area contributed by atoms with Gasteiger partial charge in [-0.25, -0.2) is 9.18 Å². The number of rotatable bonds is 6. The minimum Gasteiger partial charge on any atom is -0.365 e. The highest BCUT2D eigenvalue weighted by atomic mass is 19.4. The predicted octanol–water partition coefficient (Wildman–Crippen LogP) is 4.81. The Bertz CT molecular complexity index is 1400. The van der Waals surface area contributed by atoms with Gasteiger partial charge in [0.05, 0.1) is 16.8 Å². The number of para-hydroxylation sites is 2. The second-order valence-electron chi connectivity index (χ2n) is 7.42. The van der Waals surface area contributed by atoms with Gasteiger partial charge < -0.3 is 10.6 Å². The second-order valence-corrected chi connectivity index (χ2v) is 7.42. The van der Waals surface area contributed by atoms with Gasteiger partial charge in [0.1, 0.15) is 18.2 Å². The third-order valence-corrected chi connectivity index (χ3v) is 5.07. The highest BCUT2D eigenvalue weighted by molar-refractivity contribution is 5.94. The summed E-state index contributed by atoms with van der Waals surface area (Å²) in [4.78, 5) is 29.3. The Labute approximate surface area is 190 Å². The Morgan fingerprint density at radius 3 is 2.35 bits per heavy atom. The van der Waals surface area contributed by atoms with Gasteiger partial charge in [0, 0.05) is 11.9 Å². The molecule has 1 heterocycles. The molecule has 0 aliphatic carbocycles. The summed E-state index contributed by atoms with van der Waals surface area (Å²) in [6.07, 6.45) is -4.65. The summed E-state index contributed by atoms with van der Waals surface area (Å²) in [7, 11) is 0. The van der Waals surface area contributed by atoms with Crippen LogP contribution < -0.4 is 16.3 Å². The molecular weight excluding hydrogens is 452 g/mol. The zero-order valence-electron chi connectivity index (χ0n) is 17.6. The first-order valence-corrected chi connectivity index (χ1v) is 10.2. The Balaban J connectivity index is 1.60. The number of fused-ring (bicyclic) bond motifs is 1. The van der Waals surface area contributed by atoms with Crippen LogP contribution >= 0.6 is 0 Å². The molecule has 1 amide bonds. The van der Waals surface area contributed by atoms with Gasteiger partial charge >= 0.3 is 11.9 Å². The first kappa shape index (κ1) is 23.0. The van der Waals surface area contributed by atoms with Crippen LogP contribution in [0.2, 0.25) is 0 Å². The van der Waals surface area contributed by atoms with Crippen LogP contribution in [0.15, 0.2) is 77.6 Å². The standard InChI is InChI=1S/C24H18F4N4O2/c25-16-11-9-15(10-12-16)13-29-22-17-5-1-4-8-20(17)32(23(34)31-22)14-21(33)30-19-7-3-2-6-18(19)24(26,27)28/h1-12H,13-14H2,(H,30,33)(H,29,31,34). The summed E-state index contributed by atoms with van der Waals surface area (Å²) in [5.41, 5.74) is -0.996. The van der Waals surface area contributed by atoms with E-state index in [9.17, 15) is 27.2 Å². The van der Waals surface area contributed by atoms with E-state index < -0.39 is 35.6 Å². The SMILES string of the molecule is O=C(Cn1c(=O)nc(NCc2ccc(F)cc2)c2ccccc21)Nc1ccccc1C(F)(F)F. The summed E-state index contributed by atoms with van der Waals surface area (Å²) in [5, 5.41) is 5.80. The lowest BCUT2D eigenvalue weighted by molar-refractivity contribution is -0.137. The number of hydrogen-bond donors (Lipinski definition) is 2. The molecule has 0 atom stereocenters. The Kier molecular flexibility index (Phi) is 6.31. The highest BCUT2D eigenvalue weighted by Crippen LogP contribution is 2.34. The van der Waals surface area contributed by atoms with E-state index in [0.717, 1.165) is 22.3 Å². The minimum atomic E-state index is -4.65. The number of halogens is 4. The molecule has 2 N–H and O–H groups in total. The molecule has 3 aromatic carbocycles. The van der Waals surface area contributed by atoms with Crippen LogP contribution in [0.4, 0.5) is 29.1 Å². The maximum atomic E-state index is 13.2. The molecule has 6 nitrogen and oxygen atoms in total. The monoisotopic (exact) mass is 470 g/mol. The fourth-order valence-electron chi connectivity index (χ4n) is 3.48. The maximum Gasteiger partial charge on any atom is 0.418 e. The lowest BCUT2D eigenvalue weighted by Gasteiger charge is -2.16. The fraction of sp³-hybridized carbons (Fsp3) is 0.125. The Morgan fingerprint density at radius 1 is 0.941 bits per heavy atom. The molecule has 10 heteroatoms. The summed E-state index contributed by atoms with van der Waals surface area (Å²) >= 11 is 0. The van der Waals surface area contributed by atoms with E-state index in [2.05, 4.69) is 15.6 Å². The topological polar surface area (TPSA) is 76.0 Å². The zero-order valence-corrected chi connectivity index (χ0v) is 17.6. The normalized spacial score (nSPS) is 11.4. The lowest BCUT2D eigenvalue weighted by Crippen LogP contribution is -2.30. The third kappa shape index (κ3) is 5.06. The van der Waals surface area contributed by atoms with E-state index in [1.54, 1.807) is 36.4 Å². The molecule has 0 bridgehead atoms. The molecule has 1 aromatic heterocycles. The largest absolute Gasteiger partial charge is 0.418 e. The van der Waals surface area contributed by atoms with Crippen molar-refractivity contribution >= 4 is 28.3 Å². The zero-order chi connectivity index (χ0) is 24.3. The lowest BCUT2D eigenvalue weighted by atomic mass is 10.1. The van der Waals surface area contributed by atoms with Crippen LogP contribution in [0, 0.1) is 5.82 Å². The van der Waals surface area contributed by atoms with Gasteiger partial charge in [-0.3, -0.25) is 9.36 Å². The average molecular weight is 470 g/mol. The number of anilines is 2. The number of amides is 1. The fourth-order valence-corrected chi connectivity index (χ4v) is 3.48. The van der Waals surface area contributed by atoms with Crippen molar-refractivity contribution in [3.63, 3.8) is 0 Å². The van der Waals surface area contributed by atoms with Crippen molar-refractivity contribution in [1.29, 1.82) is 0 Å². The first-order valence-electron chi connectivity index (χ1n) is 10.2. The number of alkyl halides is 3. The molecule has 4 rings (SSSR count). The molecule has 34 heavy (non-hydrogen) atoms. The molecule has 4 aromatic rings. The van der Waals surface area contributed by atoms with Gasteiger partial charge in [-0.2, -0.15) is 18.2 Å². The summed E-state index contributed by atoms with van der Waals surface area (Å²) in [6.45, 7) is -0.258. The van der Waals surface area contributed by atoms with Crippen molar-refractivity contribution in [2.45, 2.75) is 19.3 Å². The van der Waals surface area contributed by atoms with Crippen LogP contribution in [0.5, 0.6) is 0 Å². The number of benzene rings is 3. The van der Waals surface area contributed by atoms with Crippen LogP contribution in [0.1, 0.15) is 11.1 Å². The third-order valence-electron chi connectivity index (χ3n) is 5.07. The van der Waals surface area contributed by atoms with Crippen molar-refractivity contribution in [2.24, 2.45) is 0 Å². The predicted molar refractivity (Wildman–Crippen MR) is 120 cm³/mol. The smallest absolute Gasteiger partial charge is 0.365 e. The van der Waals surface area contributed by atoms with Crippen molar-refractivity contribution in [3.8, 4) is 0 Å². The Hall–Kier alpha value is -4.21. The first-order chi connectivity index (χ1) is 16.2. The van der Waals surface area contributed by atoms with Crippen LogP contribution in [0.3, 0.4) is 0 Å². The quantitative estimate of drug-likeness (QED) is 0.397. The van der Waals surface area contributed by atoms with Crippen LogP contribution in [-0.2, 0) is 24.1 Å². The summed E-state index contributed by atoms with van der Waals surface area (Å²) in [5.74, 6) is -0.909. The van der Waals surface area contributed by atoms with Gasteiger partial charge in [0.2, 0.25) is 5.91 Å².